The minimum Gasteiger partial charge on any atom is -0.328 e. The van der Waals surface area contributed by atoms with Gasteiger partial charge in [0.1, 0.15) is 6.33 Å². The fourth-order valence-electron chi connectivity index (χ4n) is 0.713. The monoisotopic (exact) mass is 183 g/mol. The van der Waals surface area contributed by atoms with Crippen molar-refractivity contribution in [2.24, 2.45) is 5.73 Å². The van der Waals surface area contributed by atoms with Gasteiger partial charge in [0.25, 0.3) is 0 Å². The Bertz CT molecular complexity index is 213. The van der Waals surface area contributed by atoms with E-state index >= 15 is 0 Å². The van der Waals surface area contributed by atoms with Gasteiger partial charge >= 0.3 is 0 Å². The Labute approximate surface area is 76.8 Å². The lowest BCUT2D eigenvalue weighted by Gasteiger charge is -2.02. The maximum Gasteiger partial charge on any atom is 0.116 e. The summed E-state index contributed by atoms with van der Waals surface area (Å²) in [6.45, 7) is 2.01. The molecule has 0 aromatic carbocycles. The quantitative estimate of drug-likeness (QED) is 0.565. The van der Waals surface area contributed by atoms with Crippen molar-refractivity contribution < 1.29 is 0 Å². The van der Waals surface area contributed by atoms with Crippen LogP contribution < -0.4 is 5.73 Å². The molecular weight excluding hydrogens is 170 g/mol. The smallest absolute Gasteiger partial charge is 0.116 e. The summed E-state index contributed by atoms with van der Waals surface area (Å²) < 4.78 is 0. The van der Waals surface area contributed by atoms with E-state index in [0.717, 1.165) is 17.2 Å². The second-order valence-electron chi connectivity index (χ2n) is 2.66. The number of hydrogen-bond donors (Lipinski definition) is 1. The Kier molecular flexibility index (Phi) is 4.04. The van der Waals surface area contributed by atoms with E-state index in [-0.39, 0.29) is 6.04 Å². The predicted octanol–water partition coefficient (Wildman–Crippen LogP) is 1.31. The molecular formula is C8H13N3S. The molecule has 1 heterocycles. The first-order valence-corrected chi connectivity index (χ1v) is 4.92. The maximum atomic E-state index is 5.61. The van der Waals surface area contributed by atoms with Crippen LogP contribution in [-0.4, -0.2) is 21.8 Å². The van der Waals surface area contributed by atoms with Gasteiger partial charge in [-0.25, -0.2) is 9.97 Å². The highest BCUT2D eigenvalue weighted by Gasteiger charge is 1.96. The van der Waals surface area contributed by atoms with Gasteiger partial charge in [-0.2, -0.15) is 0 Å². The van der Waals surface area contributed by atoms with Crippen LogP contribution in [0, 0.1) is 0 Å². The zero-order chi connectivity index (χ0) is 8.81. The van der Waals surface area contributed by atoms with Crippen molar-refractivity contribution in [1.29, 1.82) is 0 Å². The Morgan fingerprint density at radius 1 is 1.67 bits per heavy atom. The van der Waals surface area contributed by atoms with Crippen LogP contribution in [0.1, 0.15) is 13.3 Å². The number of nitrogens with two attached hydrogens (primary N) is 1. The van der Waals surface area contributed by atoms with E-state index in [2.05, 4.69) is 9.97 Å². The van der Waals surface area contributed by atoms with Crippen LogP contribution in [0.25, 0.3) is 0 Å². The van der Waals surface area contributed by atoms with Crippen LogP contribution in [-0.2, 0) is 0 Å². The maximum absolute atomic E-state index is 5.61. The molecule has 4 heteroatoms. The average Bonchev–Trinajstić information content (AvgIpc) is 2.05. The van der Waals surface area contributed by atoms with E-state index in [0.29, 0.717) is 0 Å². The Balaban J connectivity index is 2.25. The summed E-state index contributed by atoms with van der Waals surface area (Å²) in [6, 6.07) is 2.19. The number of thioether (sulfide) groups is 1. The van der Waals surface area contributed by atoms with Crippen molar-refractivity contribution in [3.05, 3.63) is 18.6 Å². The van der Waals surface area contributed by atoms with Crippen LogP contribution in [0.15, 0.2) is 23.6 Å². The molecule has 0 aliphatic heterocycles. The molecule has 0 bridgehead atoms. The Hall–Kier alpha value is -0.610. The molecule has 66 valence electrons. The lowest BCUT2D eigenvalue weighted by Crippen LogP contribution is -2.15. The van der Waals surface area contributed by atoms with Gasteiger partial charge in [0, 0.05) is 18.0 Å². The molecule has 0 radical (unpaired) electrons. The molecule has 3 nitrogen and oxygen atoms in total. The van der Waals surface area contributed by atoms with Crippen molar-refractivity contribution >= 4 is 11.8 Å². The molecule has 12 heavy (non-hydrogen) atoms. The molecule has 1 unspecified atom stereocenters. The van der Waals surface area contributed by atoms with Gasteiger partial charge in [-0.3, -0.25) is 0 Å². The minimum atomic E-state index is 0.277. The fraction of sp³-hybridized carbons (Fsp3) is 0.500. The SMILES string of the molecule is CC(N)CCSc1ccncn1. The summed E-state index contributed by atoms with van der Waals surface area (Å²) in [6.07, 6.45) is 4.34. The van der Waals surface area contributed by atoms with E-state index < -0.39 is 0 Å². The molecule has 1 atom stereocenters. The predicted molar refractivity (Wildman–Crippen MR) is 51.0 cm³/mol. The van der Waals surface area contributed by atoms with Crippen molar-refractivity contribution in [1.82, 2.24) is 9.97 Å². The van der Waals surface area contributed by atoms with Crippen molar-refractivity contribution in [3.63, 3.8) is 0 Å². The highest BCUT2D eigenvalue weighted by Crippen LogP contribution is 2.14. The summed E-state index contributed by atoms with van der Waals surface area (Å²) >= 11 is 1.72. The van der Waals surface area contributed by atoms with Gasteiger partial charge in [-0.05, 0) is 19.4 Å². The van der Waals surface area contributed by atoms with Gasteiger partial charge in [0.2, 0.25) is 0 Å². The van der Waals surface area contributed by atoms with Gasteiger partial charge < -0.3 is 5.73 Å². The van der Waals surface area contributed by atoms with Gasteiger partial charge in [-0.1, -0.05) is 0 Å². The molecule has 2 N–H and O–H groups in total. The molecule has 0 aliphatic rings. The van der Waals surface area contributed by atoms with Crippen LogP contribution in [0.2, 0.25) is 0 Å². The number of rotatable bonds is 4. The van der Waals surface area contributed by atoms with E-state index in [9.17, 15) is 0 Å². The zero-order valence-corrected chi connectivity index (χ0v) is 7.92. The molecule has 0 aliphatic carbocycles. The summed E-state index contributed by atoms with van der Waals surface area (Å²) in [5.74, 6) is 1.02. The molecule has 0 saturated carbocycles. The van der Waals surface area contributed by atoms with Crippen molar-refractivity contribution in [3.8, 4) is 0 Å². The summed E-state index contributed by atoms with van der Waals surface area (Å²) in [5.41, 5.74) is 5.61. The Morgan fingerprint density at radius 3 is 3.08 bits per heavy atom. The van der Waals surface area contributed by atoms with Crippen molar-refractivity contribution in [2.45, 2.75) is 24.4 Å². The van der Waals surface area contributed by atoms with Crippen LogP contribution in [0.3, 0.4) is 0 Å². The highest BCUT2D eigenvalue weighted by molar-refractivity contribution is 7.99. The molecule has 1 rings (SSSR count). The minimum absolute atomic E-state index is 0.277. The topological polar surface area (TPSA) is 51.8 Å². The largest absolute Gasteiger partial charge is 0.328 e. The summed E-state index contributed by atoms with van der Waals surface area (Å²) in [7, 11) is 0. The molecule has 0 fully saturated rings. The number of hydrogen-bond acceptors (Lipinski definition) is 4. The van der Waals surface area contributed by atoms with Crippen LogP contribution in [0.5, 0.6) is 0 Å². The highest BCUT2D eigenvalue weighted by atomic mass is 32.2. The Morgan fingerprint density at radius 2 is 2.50 bits per heavy atom. The molecule has 1 aromatic rings. The average molecular weight is 183 g/mol. The number of nitrogens with zero attached hydrogens (tertiary/aromatic N) is 2. The third kappa shape index (κ3) is 3.69. The zero-order valence-electron chi connectivity index (χ0n) is 7.10. The first kappa shape index (κ1) is 9.48. The van der Waals surface area contributed by atoms with Crippen LogP contribution in [0.4, 0.5) is 0 Å². The second-order valence-corrected chi connectivity index (χ2v) is 3.78. The lowest BCUT2D eigenvalue weighted by molar-refractivity contribution is 0.721. The van der Waals surface area contributed by atoms with E-state index in [4.69, 9.17) is 5.73 Å². The van der Waals surface area contributed by atoms with E-state index in [1.807, 2.05) is 13.0 Å². The summed E-state index contributed by atoms with van der Waals surface area (Å²) in [5, 5.41) is 1.02. The first-order valence-electron chi connectivity index (χ1n) is 3.93. The van der Waals surface area contributed by atoms with Crippen LogP contribution >= 0.6 is 11.8 Å². The third-order valence-electron chi connectivity index (χ3n) is 1.38. The van der Waals surface area contributed by atoms with Gasteiger partial charge in [0.05, 0.1) is 5.03 Å². The van der Waals surface area contributed by atoms with E-state index in [1.54, 1.807) is 24.3 Å². The first-order chi connectivity index (χ1) is 5.79. The standard InChI is InChI=1S/C8H13N3S/c1-7(9)3-5-12-8-2-4-10-6-11-8/h2,4,6-7H,3,5,9H2,1H3. The normalized spacial score (nSPS) is 12.8. The third-order valence-corrected chi connectivity index (χ3v) is 2.36. The summed E-state index contributed by atoms with van der Waals surface area (Å²) in [4.78, 5) is 7.93. The molecule has 0 spiro atoms. The molecule has 0 saturated heterocycles. The van der Waals surface area contributed by atoms with Gasteiger partial charge in [0.15, 0.2) is 0 Å². The fourth-order valence-corrected chi connectivity index (χ4v) is 1.69. The van der Waals surface area contributed by atoms with Crippen molar-refractivity contribution in [2.75, 3.05) is 5.75 Å². The molecule has 0 amide bonds. The molecule has 1 aromatic heterocycles. The van der Waals surface area contributed by atoms with Gasteiger partial charge in [-0.15, -0.1) is 11.8 Å². The van der Waals surface area contributed by atoms with E-state index in [1.165, 1.54) is 0 Å². The lowest BCUT2D eigenvalue weighted by atomic mass is 10.3. The second kappa shape index (κ2) is 5.11. The number of aromatic nitrogens is 2.